The molecule has 0 spiro atoms. The lowest BCUT2D eigenvalue weighted by Crippen LogP contribution is -2.40. The third kappa shape index (κ3) is 8.55. The van der Waals surface area contributed by atoms with E-state index in [1.807, 2.05) is 6.92 Å². The Kier molecular flexibility index (Phi) is 9.13. The lowest BCUT2D eigenvalue weighted by atomic mass is 9.93. The number of piperidine rings is 1. The molecule has 0 saturated carbocycles. The number of hydrogen-bond acceptors (Lipinski definition) is 2. The van der Waals surface area contributed by atoms with E-state index in [1.165, 1.54) is 11.0 Å². The Balaban J connectivity index is 1.73. The van der Waals surface area contributed by atoms with E-state index in [-0.39, 0.29) is 0 Å². The van der Waals surface area contributed by atoms with Crippen molar-refractivity contribution in [3.63, 3.8) is 0 Å². The van der Waals surface area contributed by atoms with E-state index in [1.54, 1.807) is 6.07 Å². The predicted octanol–water partition coefficient (Wildman–Crippen LogP) is 3.73. The minimum absolute atomic E-state index is 0.305. The van der Waals surface area contributed by atoms with Crippen LogP contribution in [0.3, 0.4) is 0 Å². The monoisotopic (exact) mass is 420 g/mol. The van der Waals surface area contributed by atoms with Gasteiger partial charge >= 0.3 is 6.18 Å². The topological polar surface area (TPSA) is 39.7 Å². The fourth-order valence-corrected chi connectivity index (χ4v) is 3.44. The highest BCUT2D eigenvalue weighted by atomic mass is 19.4. The van der Waals surface area contributed by atoms with Crippen LogP contribution in [0.1, 0.15) is 31.7 Å². The molecule has 0 aromatic heterocycles. The molecule has 9 heteroatoms. The highest BCUT2D eigenvalue weighted by Gasteiger charge is 2.32. The number of nitrogens with zero attached hydrogens (tertiary/aromatic N) is 2. The summed E-state index contributed by atoms with van der Waals surface area (Å²) in [6, 6.07) is 4.12. The third-order valence-corrected chi connectivity index (χ3v) is 4.98. The van der Waals surface area contributed by atoms with Crippen molar-refractivity contribution in [1.82, 2.24) is 15.5 Å². The summed E-state index contributed by atoms with van der Waals surface area (Å²) in [5, 5.41) is 6.21. The number of halogens is 5. The van der Waals surface area contributed by atoms with Crippen molar-refractivity contribution in [2.45, 2.75) is 38.8 Å². The van der Waals surface area contributed by atoms with Gasteiger partial charge in [-0.3, -0.25) is 9.89 Å². The molecule has 1 heterocycles. The number of rotatable bonds is 8. The normalized spacial score (nSPS) is 16.8. The molecule has 0 aliphatic carbocycles. The number of guanidine groups is 1. The van der Waals surface area contributed by atoms with Gasteiger partial charge in [0.2, 0.25) is 0 Å². The molecule has 0 atom stereocenters. The second-order valence-corrected chi connectivity index (χ2v) is 7.27. The Morgan fingerprint density at radius 3 is 2.55 bits per heavy atom. The summed E-state index contributed by atoms with van der Waals surface area (Å²) < 4.78 is 64.3. The smallest absolute Gasteiger partial charge is 0.357 e. The van der Waals surface area contributed by atoms with Crippen molar-refractivity contribution in [1.29, 1.82) is 0 Å². The van der Waals surface area contributed by atoms with Crippen LogP contribution in [0.2, 0.25) is 0 Å². The van der Waals surface area contributed by atoms with E-state index in [2.05, 4.69) is 15.6 Å². The average Bonchev–Trinajstić information content (AvgIpc) is 2.65. The summed E-state index contributed by atoms with van der Waals surface area (Å²) in [4.78, 5) is 5.95. The summed E-state index contributed by atoms with van der Waals surface area (Å²) >= 11 is 0. The molecule has 1 aromatic rings. The van der Waals surface area contributed by atoms with Gasteiger partial charge in [0.05, 0.1) is 6.54 Å². The fourth-order valence-electron chi connectivity index (χ4n) is 3.44. The van der Waals surface area contributed by atoms with Crippen LogP contribution in [0.4, 0.5) is 22.0 Å². The molecule has 1 aliphatic rings. The Morgan fingerprint density at radius 1 is 1.17 bits per heavy atom. The molecule has 0 amide bonds. The molecular weight excluding hydrogens is 391 g/mol. The first kappa shape index (κ1) is 23.4. The van der Waals surface area contributed by atoms with Gasteiger partial charge in [0, 0.05) is 19.6 Å². The van der Waals surface area contributed by atoms with Gasteiger partial charge in [0.1, 0.15) is 0 Å². The van der Waals surface area contributed by atoms with Crippen molar-refractivity contribution in [2.24, 2.45) is 10.9 Å². The maximum Gasteiger partial charge on any atom is 0.401 e. The van der Waals surface area contributed by atoms with Crippen LogP contribution in [0.5, 0.6) is 0 Å². The molecule has 0 bridgehead atoms. The van der Waals surface area contributed by atoms with E-state index in [4.69, 9.17) is 0 Å². The molecular formula is C20H29F5N4. The Labute approximate surface area is 168 Å². The Morgan fingerprint density at radius 2 is 1.90 bits per heavy atom. The molecule has 0 unspecified atom stereocenters. The van der Waals surface area contributed by atoms with Crippen molar-refractivity contribution in [3.8, 4) is 0 Å². The highest BCUT2D eigenvalue weighted by molar-refractivity contribution is 5.79. The zero-order valence-electron chi connectivity index (χ0n) is 16.7. The summed E-state index contributed by atoms with van der Waals surface area (Å²) in [6.07, 6.45) is -1.51. The Bertz CT molecular complexity index is 655. The minimum atomic E-state index is -4.14. The number of alkyl halides is 3. The quantitative estimate of drug-likeness (QED) is 0.383. The molecule has 1 aromatic carbocycles. The van der Waals surface area contributed by atoms with E-state index >= 15 is 0 Å². The standard InChI is InChI=1S/C20H29F5N4/c1-2-26-19(28-11-7-16-4-3-5-17(21)18(16)22)27-10-6-15-8-12-29(13-9-15)14-20(23,24)25/h3-5,15H,2,6-14H2,1H3,(H2,26,27,28). The molecule has 164 valence electrons. The lowest BCUT2D eigenvalue weighted by molar-refractivity contribution is -0.148. The van der Waals surface area contributed by atoms with Crippen LogP contribution < -0.4 is 10.6 Å². The van der Waals surface area contributed by atoms with Gasteiger partial charge in [0.15, 0.2) is 17.6 Å². The molecule has 29 heavy (non-hydrogen) atoms. The van der Waals surface area contributed by atoms with Gasteiger partial charge in [-0.15, -0.1) is 0 Å². The summed E-state index contributed by atoms with van der Waals surface area (Å²) in [7, 11) is 0. The van der Waals surface area contributed by atoms with Crippen molar-refractivity contribution in [3.05, 3.63) is 35.4 Å². The zero-order chi connectivity index (χ0) is 21.3. The van der Waals surface area contributed by atoms with Gasteiger partial charge in [-0.25, -0.2) is 8.78 Å². The van der Waals surface area contributed by atoms with Crippen molar-refractivity contribution >= 4 is 5.96 Å². The highest BCUT2D eigenvalue weighted by Crippen LogP contribution is 2.24. The van der Waals surface area contributed by atoms with E-state index in [0.29, 0.717) is 56.6 Å². The van der Waals surface area contributed by atoms with E-state index in [0.717, 1.165) is 25.3 Å². The summed E-state index contributed by atoms with van der Waals surface area (Å²) in [5.41, 5.74) is 0.305. The third-order valence-electron chi connectivity index (χ3n) is 4.98. The first-order chi connectivity index (χ1) is 13.8. The Hall–Kier alpha value is -1.90. The number of nitrogens with one attached hydrogen (secondary N) is 2. The van der Waals surface area contributed by atoms with Gasteiger partial charge in [-0.1, -0.05) is 12.1 Å². The molecule has 0 radical (unpaired) electrons. The molecule has 2 N–H and O–H groups in total. The molecule has 4 nitrogen and oxygen atoms in total. The number of aliphatic imine (C=N–C) groups is 1. The molecule has 2 rings (SSSR count). The van der Waals surface area contributed by atoms with Gasteiger partial charge < -0.3 is 10.6 Å². The molecule has 1 fully saturated rings. The summed E-state index contributed by atoms with van der Waals surface area (Å²) in [5.74, 6) is -0.719. The van der Waals surface area contributed by atoms with Crippen LogP contribution in [0, 0.1) is 17.6 Å². The molecule has 1 saturated heterocycles. The van der Waals surface area contributed by atoms with Gasteiger partial charge in [0.25, 0.3) is 0 Å². The van der Waals surface area contributed by atoms with Crippen molar-refractivity contribution in [2.75, 3.05) is 39.3 Å². The van der Waals surface area contributed by atoms with Crippen LogP contribution in [-0.2, 0) is 6.42 Å². The largest absolute Gasteiger partial charge is 0.401 e. The summed E-state index contributed by atoms with van der Waals surface area (Å²) in [6.45, 7) is 3.65. The lowest BCUT2D eigenvalue weighted by Gasteiger charge is -2.32. The first-order valence-electron chi connectivity index (χ1n) is 10.0. The first-order valence-corrected chi connectivity index (χ1v) is 10.0. The second-order valence-electron chi connectivity index (χ2n) is 7.27. The van der Waals surface area contributed by atoms with Crippen LogP contribution >= 0.6 is 0 Å². The minimum Gasteiger partial charge on any atom is -0.357 e. The maximum absolute atomic E-state index is 13.7. The zero-order valence-corrected chi connectivity index (χ0v) is 16.7. The number of hydrogen-bond donors (Lipinski definition) is 2. The maximum atomic E-state index is 13.7. The number of benzene rings is 1. The van der Waals surface area contributed by atoms with Crippen LogP contribution in [0.25, 0.3) is 0 Å². The van der Waals surface area contributed by atoms with Gasteiger partial charge in [-0.2, -0.15) is 13.2 Å². The molecule has 1 aliphatic heterocycles. The number of likely N-dealkylation sites (tertiary alicyclic amines) is 1. The van der Waals surface area contributed by atoms with Crippen LogP contribution in [0.15, 0.2) is 23.2 Å². The average molecular weight is 420 g/mol. The predicted molar refractivity (Wildman–Crippen MR) is 104 cm³/mol. The van der Waals surface area contributed by atoms with E-state index < -0.39 is 24.4 Å². The van der Waals surface area contributed by atoms with E-state index in [9.17, 15) is 22.0 Å². The van der Waals surface area contributed by atoms with Crippen LogP contribution in [-0.4, -0.2) is 56.3 Å². The fraction of sp³-hybridized carbons (Fsp3) is 0.650. The van der Waals surface area contributed by atoms with Gasteiger partial charge in [-0.05, 0) is 63.2 Å². The van der Waals surface area contributed by atoms with Crippen molar-refractivity contribution < 1.29 is 22.0 Å². The second kappa shape index (κ2) is 11.3. The SMILES string of the molecule is CCNC(=NCCC1CCN(CC(F)(F)F)CC1)NCCc1cccc(F)c1F.